The lowest BCUT2D eigenvalue weighted by atomic mass is 10.2. The predicted molar refractivity (Wildman–Crippen MR) is 80.5 cm³/mol. The summed E-state index contributed by atoms with van der Waals surface area (Å²) in [4.78, 5) is 24.2. The SMILES string of the molecule is CC(C)N(Cc1ccc(Br)cc1)C(=O)NCCC(=O)O. The summed E-state index contributed by atoms with van der Waals surface area (Å²) < 4.78 is 0.989. The standard InChI is InChI=1S/C14H19BrN2O3/c1-10(2)17(14(20)16-8-7-13(18)19)9-11-3-5-12(15)6-4-11/h3-6,10H,7-9H2,1-2H3,(H,16,20)(H,18,19). The average Bonchev–Trinajstić information content (AvgIpc) is 2.37. The molecule has 0 fully saturated rings. The van der Waals surface area contributed by atoms with E-state index in [0.29, 0.717) is 6.54 Å². The van der Waals surface area contributed by atoms with Crippen molar-refractivity contribution in [3.8, 4) is 0 Å². The molecule has 0 aliphatic heterocycles. The second kappa shape index (κ2) is 7.89. The molecule has 1 aromatic rings. The topological polar surface area (TPSA) is 69.6 Å². The van der Waals surface area contributed by atoms with Crippen molar-refractivity contribution in [3.05, 3.63) is 34.3 Å². The minimum absolute atomic E-state index is 0.0310. The summed E-state index contributed by atoms with van der Waals surface area (Å²) >= 11 is 3.37. The van der Waals surface area contributed by atoms with Crippen molar-refractivity contribution in [2.75, 3.05) is 6.54 Å². The molecule has 1 aromatic carbocycles. The number of carbonyl (C=O) groups is 2. The van der Waals surface area contributed by atoms with Crippen LogP contribution in [-0.2, 0) is 11.3 Å². The van der Waals surface area contributed by atoms with Gasteiger partial charge in [0.15, 0.2) is 0 Å². The number of nitrogens with zero attached hydrogens (tertiary/aromatic N) is 1. The van der Waals surface area contributed by atoms with E-state index in [2.05, 4.69) is 21.2 Å². The van der Waals surface area contributed by atoms with Crippen molar-refractivity contribution in [1.82, 2.24) is 10.2 Å². The molecule has 0 radical (unpaired) electrons. The lowest BCUT2D eigenvalue weighted by molar-refractivity contribution is -0.136. The first-order chi connectivity index (χ1) is 9.40. The molecule has 0 aliphatic carbocycles. The summed E-state index contributed by atoms with van der Waals surface area (Å²) in [7, 11) is 0. The Morgan fingerprint density at radius 2 is 1.90 bits per heavy atom. The van der Waals surface area contributed by atoms with Crippen molar-refractivity contribution in [2.45, 2.75) is 32.9 Å². The number of rotatable bonds is 6. The summed E-state index contributed by atoms with van der Waals surface area (Å²) in [5.74, 6) is -0.922. The Morgan fingerprint density at radius 1 is 1.30 bits per heavy atom. The highest BCUT2D eigenvalue weighted by atomic mass is 79.9. The van der Waals surface area contributed by atoms with Gasteiger partial charge in [-0.2, -0.15) is 0 Å². The van der Waals surface area contributed by atoms with Gasteiger partial charge < -0.3 is 15.3 Å². The molecule has 1 rings (SSSR count). The van der Waals surface area contributed by atoms with Gasteiger partial charge in [-0.05, 0) is 31.5 Å². The Morgan fingerprint density at radius 3 is 2.40 bits per heavy atom. The van der Waals surface area contributed by atoms with Crippen LogP contribution in [0.3, 0.4) is 0 Å². The third kappa shape index (κ3) is 5.61. The second-order valence-corrected chi connectivity index (χ2v) is 5.64. The van der Waals surface area contributed by atoms with E-state index in [0.717, 1.165) is 10.0 Å². The average molecular weight is 343 g/mol. The van der Waals surface area contributed by atoms with Crippen LogP contribution in [0, 0.1) is 0 Å². The van der Waals surface area contributed by atoms with Crippen LogP contribution in [0.2, 0.25) is 0 Å². The lowest BCUT2D eigenvalue weighted by Gasteiger charge is -2.27. The number of carbonyl (C=O) groups excluding carboxylic acids is 1. The molecule has 0 heterocycles. The summed E-state index contributed by atoms with van der Waals surface area (Å²) in [5.41, 5.74) is 1.02. The molecule has 0 saturated carbocycles. The van der Waals surface area contributed by atoms with Gasteiger partial charge in [-0.3, -0.25) is 4.79 Å². The maximum atomic E-state index is 12.1. The largest absolute Gasteiger partial charge is 0.481 e. The maximum absolute atomic E-state index is 12.1. The molecule has 0 bridgehead atoms. The Hall–Kier alpha value is -1.56. The number of halogens is 1. The van der Waals surface area contributed by atoms with Gasteiger partial charge >= 0.3 is 12.0 Å². The summed E-state index contributed by atoms with van der Waals surface area (Å²) in [5, 5.41) is 11.2. The quantitative estimate of drug-likeness (QED) is 0.835. The molecular weight excluding hydrogens is 324 g/mol. The highest BCUT2D eigenvalue weighted by Crippen LogP contribution is 2.13. The summed E-state index contributed by atoms with van der Waals surface area (Å²) in [6.07, 6.45) is -0.0735. The minimum atomic E-state index is -0.922. The summed E-state index contributed by atoms with van der Waals surface area (Å²) in [6, 6.07) is 7.54. The lowest BCUT2D eigenvalue weighted by Crippen LogP contribution is -2.44. The number of amides is 2. The number of hydrogen-bond donors (Lipinski definition) is 2. The van der Waals surface area contributed by atoms with Crippen molar-refractivity contribution in [1.29, 1.82) is 0 Å². The first-order valence-corrected chi connectivity index (χ1v) is 7.20. The first-order valence-electron chi connectivity index (χ1n) is 6.41. The van der Waals surface area contributed by atoms with Gasteiger partial charge in [0.2, 0.25) is 0 Å². The van der Waals surface area contributed by atoms with Gasteiger partial charge in [-0.1, -0.05) is 28.1 Å². The zero-order chi connectivity index (χ0) is 15.1. The van der Waals surface area contributed by atoms with Gasteiger partial charge in [-0.15, -0.1) is 0 Å². The van der Waals surface area contributed by atoms with E-state index in [9.17, 15) is 9.59 Å². The molecule has 0 saturated heterocycles. The number of benzene rings is 1. The monoisotopic (exact) mass is 342 g/mol. The van der Waals surface area contributed by atoms with Crippen LogP contribution < -0.4 is 5.32 Å². The first kappa shape index (κ1) is 16.5. The third-order valence-electron chi connectivity index (χ3n) is 2.77. The normalized spacial score (nSPS) is 10.4. The smallest absolute Gasteiger partial charge is 0.317 e. The van der Waals surface area contributed by atoms with Crippen LogP contribution in [-0.4, -0.2) is 34.6 Å². The van der Waals surface area contributed by atoms with E-state index in [-0.39, 0.29) is 25.0 Å². The van der Waals surface area contributed by atoms with Gasteiger partial charge in [0.25, 0.3) is 0 Å². The van der Waals surface area contributed by atoms with E-state index in [1.807, 2.05) is 38.1 Å². The zero-order valence-corrected chi connectivity index (χ0v) is 13.2. The van der Waals surface area contributed by atoms with Crippen LogP contribution in [0.1, 0.15) is 25.8 Å². The fraction of sp³-hybridized carbons (Fsp3) is 0.429. The van der Waals surface area contributed by atoms with E-state index < -0.39 is 5.97 Å². The Bertz CT molecular complexity index is 460. The van der Waals surface area contributed by atoms with Crippen LogP contribution in [0.25, 0.3) is 0 Å². The van der Waals surface area contributed by atoms with Crippen LogP contribution in [0.5, 0.6) is 0 Å². The number of hydrogen-bond acceptors (Lipinski definition) is 2. The zero-order valence-electron chi connectivity index (χ0n) is 11.6. The van der Waals surface area contributed by atoms with Crippen LogP contribution in [0.15, 0.2) is 28.7 Å². The van der Waals surface area contributed by atoms with Gasteiger partial charge in [0.1, 0.15) is 0 Å². The second-order valence-electron chi connectivity index (χ2n) is 4.72. The fourth-order valence-electron chi connectivity index (χ4n) is 1.65. The van der Waals surface area contributed by atoms with Crippen molar-refractivity contribution >= 4 is 27.9 Å². The molecule has 20 heavy (non-hydrogen) atoms. The molecule has 0 aromatic heterocycles. The Balaban J connectivity index is 2.61. The Kier molecular flexibility index (Phi) is 6.51. The molecule has 110 valence electrons. The van der Waals surface area contributed by atoms with Crippen LogP contribution in [0.4, 0.5) is 4.79 Å². The molecule has 0 aliphatic rings. The van der Waals surface area contributed by atoms with Crippen LogP contribution >= 0.6 is 15.9 Å². The predicted octanol–water partition coefficient (Wildman–Crippen LogP) is 2.84. The molecular formula is C14H19BrN2O3. The number of carboxylic acid groups (broad SMARTS) is 1. The number of urea groups is 1. The molecule has 0 spiro atoms. The maximum Gasteiger partial charge on any atom is 0.317 e. The van der Waals surface area contributed by atoms with E-state index in [1.165, 1.54) is 0 Å². The number of aliphatic carboxylic acids is 1. The third-order valence-corrected chi connectivity index (χ3v) is 3.29. The van der Waals surface area contributed by atoms with E-state index in [4.69, 9.17) is 5.11 Å². The Labute approximate surface area is 127 Å². The van der Waals surface area contributed by atoms with Crippen molar-refractivity contribution < 1.29 is 14.7 Å². The van der Waals surface area contributed by atoms with E-state index >= 15 is 0 Å². The molecule has 0 atom stereocenters. The number of carboxylic acids is 1. The van der Waals surface area contributed by atoms with Crippen molar-refractivity contribution in [3.63, 3.8) is 0 Å². The molecule has 6 heteroatoms. The fourth-order valence-corrected chi connectivity index (χ4v) is 1.92. The summed E-state index contributed by atoms with van der Waals surface area (Å²) in [6.45, 7) is 4.48. The minimum Gasteiger partial charge on any atom is -0.481 e. The molecule has 2 amide bonds. The highest BCUT2D eigenvalue weighted by molar-refractivity contribution is 9.10. The molecule has 2 N–H and O–H groups in total. The van der Waals surface area contributed by atoms with E-state index in [1.54, 1.807) is 4.90 Å². The van der Waals surface area contributed by atoms with Gasteiger partial charge in [0.05, 0.1) is 6.42 Å². The van der Waals surface area contributed by atoms with Gasteiger partial charge in [-0.25, -0.2) is 4.79 Å². The van der Waals surface area contributed by atoms with Gasteiger partial charge in [0, 0.05) is 23.6 Å². The number of nitrogens with one attached hydrogen (secondary N) is 1. The molecule has 0 unspecified atom stereocenters. The highest BCUT2D eigenvalue weighted by Gasteiger charge is 2.17. The molecule has 5 nitrogen and oxygen atoms in total. The van der Waals surface area contributed by atoms with Crippen molar-refractivity contribution in [2.24, 2.45) is 0 Å².